The first-order valence-corrected chi connectivity index (χ1v) is 5.98. The molecular formula is C9H11ClFN3O2S. The van der Waals surface area contributed by atoms with Crippen LogP contribution in [0, 0.1) is 5.82 Å². The lowest BCUT2D eigenvalue weighted by Gasteiger charge is -2.14. The largest absolute Gasteiger partial charge is 0.495 e. The van der Waals surface area contributed by atoms with Crippen molar-refractivity contribution in [3.63, 3.8) is 0 Å². The van der Waals surface area contributed by atoms with E-state index in [4.69, 9.17) is 22.2 Å². The van der Waals surface area contributed by atoms with E-state index in [2.05, 4.69) is 5.32 Å². The normalized spacial score (nSPS) is 9.94. The molecule has 1 aromatic carbocycles. The lowest BCUT2D eigenvalue weighted by atomic mass is 10.3. The Balaban J connectivity index is 2.95. The molecule has 0 aliphatic carbocycles. The van der Waals surface area contributed by atoms with Crippen LogP contribution in [0.15, 0.2) is 12.1 Å². The molecule has 3 N–H and O–H groups in total. The highest BCUT2D eigenvalue weighted by molar-refractivity contribution is 7.96. The molecule has 0 aromatic heterocycles. The molecule has 1 aromatic rings. The van der Waals surface area contributed by atoms with E-state index < -0.39 is 11.8 Å². The highest BCUT2D eigenvalue weighted by atomic mass is 35.5. The molecule has 0 radical (unpaired) electrons. The van der Waals surface area contributed by atoms with Crippen molar-refractivity contribution in [1.82, 2.24) is 4.41 Å². The van der Waals surface area contributed by atoms with Crippen LogP contribution in [0.5, 0.6) is 5.75 Å². The van der Waals surface area contributed by atoms with E-state index in [1.165, 1.54) is 13.2 Å². The Labute approximate surface area is 107 Å². The van der Waals surface area contributed by atoms with Gasteiger partial charge < -0.3 is 10.1 Å². The van der Waals surface area contributed by atoms with E-state index in [0.717, 1.165) is 22.4 Å². The van der Waals surface area contributed by atoms with Gasteiger partial charge in [-0.15, -0.1) is 0 Å². The highest BCUT2D eigenvalue weighted by Crippen LogP contribution is 2.30. The van der Waals surface area contributed by atoms with Crippen LogP contribution in [0.4, 0.5) is 14.9 Å². The summed E-state index contributed by atoms with van der Waals surface area (Å²) in [6.45, 7) is 0. The van der Waals surface area contributed by atoms with Crippen LogP contribution in [0.2, 0.25) is 5.02 Å². The minimum Gasteiger partial charge on any atom is -0.495 e. The van der Waals surface area contributed by atoms with Gasteiger partial charge in [-0.25, -0.2) is 19.4 Å². The van der Waals surface area contributed by atoms with Crippen molar-refractivity contribution in [2.24, 2.45) is 5.84 Å². The Bertz CT molecular complexity index is 433. The Hall–Kier alpha value is -1.18. The molecule has 17 heavy (non-hydrogen) atoms. The average molecular weight is 280 g/mol. The standard InChI is InChI=1S/C9H11ClFN3O2S/c1-16-8-4-7(6(11)3-5(8)10)13-9(15)14(12)17-2/h3-4H,12H2,1-2H3,(H,13,15). The molecule has 8 heteroatoms. The number of hydrogen-bond donors (Lipinski definition) is 2. The lowest BCUT2D eigenvalue weighted by Crippen LogP contribution is -2.34. The van der Waals surface area contributed by atoms with Crippen LogP contribution >= 0.6 is 23.5 Å². The second-order valence-corrected chi connectivity index (χ2v) is 4.07. The second kappa shape index (κ2) is 5.95. The van der Waals surface area contributed by atoms with Gasteiger partial charge in [-0.1, -0.05) is 11.6 Å². The first-order valence-electron chi connectivity index (χ1n) is 4.42. The monoisotopic (exact) mass is 279 g/mol. The number of hydrazine groups is 1. The third-order valence-electron chi connectivity index (χ3n) is 1.88. The molecule has 5 nitrogen and oxygen atoms in total. The van der Waals surface area contributed by atoms with Crippen LogP contribution in [-0.2, 0) is 0 Å². The summed E-state index contributed by atoms with van der Waals surface area (Å²) >= 11 is 6.70. The van der Waals surface area contributed by atoms with Crippen LogP contribution in [0.3, 0.4) is 0 Å². The van der Waals surface area contributed by atoms with E-state index in [1.807, 2.05) is 0 Å². The topological polar surface area (TPSA) is 67.6 Å². The highest BCUT2D eigenvalue weighted by Gasteiger charge is 2.14. The lowest BCUT2D eigenvalue weighted by molar-refractivity contribution is 0.239. The number of urea groups is 1. The van der Waals surface area contributed by atoms with Gasteiger partial charge in [0.25, 0.3) is 0 Å². The second-order valence-electron chi connectivity index (χ2n) is 2.91. The summed E-state index contributed by atoms with van der Waals surface area (Å²) in [6.07, 6.45) is 1.61. The Kier molecular flexibility index (Phi) is 4.86. The van der Waals surface area contributed by atoms with Crippen molar-refractivity contribution < 1.29 is 13.9 Å². The number of nitrogens with zero attached hydrogens (tertiary/aromatic N) is 1. The van der Waals surface area contributed by atoms with Crippen molar-refractivity contribution >= 4 is 35.3 Å². The van der Waals surface area contributed by atoms with Gasteiger partial charge in [0.1, 0.15) is 11.6 Å². The number of carbonyl (C=O) groups excluding carboxylic acids is 1. The minimum absolute atomic E-state index is 0.0549. The Morgan fingerprint density at radius 3 is 2.82 bits per heavy atom. The van der Waals surface area contributed by atoms with Gasteiger partial charge in [0, 0.05) is 12.3 Å². The van der Waals surface area contributed by atoms with E-state index in [9.17, 15) is 9.18 Å². The van der Waals surface area contributed by atoms with E-state index in [1.54, 1.807) is 6.26 Å². The molecule has 0 heterocycles. The maximum atomic E-state index is 13.5. The van der Waals surface area contributed by atoms with Crippen LogP contribution in [0.1, 0.15) is 0 Å². The number of hydrogen-bond acceptors (Lipinski definition) is 4. The zero-order chi connectivity index (χ0) is 13.0. The van der Waals surface area contributed by atoms with Crippen LogP contribution in [-0.4, -0.2) is 23.8 Å². The zero-order valence-electron chi connectivity index (χ0n) is 9.16. The number of ether oxygens (including phenoxy) is 1. The van der Waals surface area contributed by atoms with Gasteiger partial charge in [-0.05, 0) is 18.0 Å². The van der Waals surface area contributed by atoms with Gasteiger partial charge >= 0.3 is 6.03 Å². The summed E-state index contributed by atoms with van der Waals surface area (Å²) in [7, 11) is 1.39. The number of carbonyl (C=O) groups is 1. The van der Waals surface area contributed by atoms with E-state index >= 15 is 0 Å². The summed E-state index contributed by atoms with van der Waals surface area (Å²) in [5.74, 6) is 4.91. The molecule has 0 aliphatic rings. The van der Waals surface area contributed by atoms with Crippen molar-refractivity contribution in [3.8, 4) is 5.75 Å². The Morgan fingerprint density at radius 2 is 2.29 bits per heavy atom. The van der Waals surface area contributed by atoms with Gasteiger partial charge in [0.05, 0.1) is 17.8 Å². The molecule has 0 bridgehead atoms. The van der Waals surface area contributed by atoms with E-state index in [0.29, 0.717) is 0 Å². The fourth-order valence-corrected chi connectivity index (χ4v) is 1.47. The molecule has 0 fully saturated rings. The zero-order valence-corrected chi connectivity index (χ0v) is 10.7. The summed E-state index contributed by atoms with van der Waals surface area (Å²) < 4.78 is 19.2. The fourth-order valence-electron chi connectivity index (χ4n) is 1.03. The number of methoxy groups -OCH3 is 1. The van der Waals surface area contributed by atoms with Crippen molar-refractivity contribution in [2.75, 3.05) is 18.7 Å². The van der Waals surface area contributed by atoms with E-state index in [-0.39, 0.29) is 16.5 Å². The molecule has 0 aliphatic heterocycles. The molecule has 94 valence electrons. The third-order valence-corrected chi connectivity index (χ3v) is 2.73. The first-order chi connectivity index (χ1) is 7.99. The number of nitrogens with two attached hydrogens (primary N) is 1. The van der Waals surface area contributed by atoms with Gasteiger partial charge in [-0.2, -0.15) is 0 Å². The summed E-state index contributed by atoms with van der Waals surface area (Å²) in [4.78, 5) is 11.4. The molecular weight excluding hydrogens is 269 g/mol. The minimum atomic E-state index is -0.668. The molecule has 0 spiro atoms. The number of halogens is 2. The Morgan fingerprint density at radius 1 is 1.65 bits per heavy atom. The summed E-state index contributed by atoms with van der Waals surface area (Å²) in [6, 6.07) is 1.68. The predicted octanol–water partition coefficient (Wildman–Crippen LogP) is 2.47. The first kappa shape index (κ1) is 13.9. The molecule has 0 saturated carbocycles. The smallest absolute Gasteiger partial charge is 0.346 e. The van der Waals surface area contributed by atoms with Gasteiger partial charge in [-0.3, -0.25) is 0 Å². The molecule has 0 atom stereocenters. The number of nitrogens with one attached hydrogen (secondary N) is 1. The third kappa shape index (κ3) is 3.39. The molecule has 1 rings (SSSR count). The number of anilines is 1. The number of amides is 2. The molecule has 2 amide bonds. The van der Waals surface area contributed by atoms with Crippen molar-refractivity contribution in [1.29, 1.82) is 0 Å². The summed E-state index contributed by atoms with van der Waals surface area (Å²) in [5, 5.41) is 2.41. The molecule has 0 unspecified atom stereocenters. The SMILES string of the molecule is COc1cc(NC(=O)N(N)SC)c(F)cc1Cl. The van der Waals surface area contributed by atoms with Crippen molar-refractivity contribution in [3.05, 3.63) is 23.0 Å². The molecule has 0 saturated heterocycles. The number of rotatable bonds is 3. The van der Waals surface area contributed by atoms with Gasteiger partial charge in [0.2, 0.25) is 0 Å². The maximum absolute atomic E-state index is 13.5. The van der Waals surface area contributed by atoms with Crippen molar-refractivity contribution in [2.45, 2.75) is 0 Å². The van der Waals surface area contributed by atoms with Crippen LogP contribution < -0.4 is 15.9 Å². The predicted molar refractivity (Wildman–Crippen MR) is 66.5 cm³/mol. The quantitative estimate of drug-likeness (QED) is 0.386. The average Bonchev–Trinajstić information content (AvgIpc) is 2.31. The maximum Gasteiger partial charge on any atom is 0.346 e. The summed E-state index contributed by atoms with van der Waals surface area (Å²) in [5.41, 5.74) is -0.0549. The van der Waals surface area contributed by atoms with Crippen LogP contribution in [0.25, 0.3) is 0 Å². The number of benzene rings is 1. The van der Waals surface area contributed by atoms with Gasteiger partial charge in [0.15, 0.2) is 0 Å². The fraction of sp³-hybridized carbons (Fsp3) is 0.222.